The summed E-state index contributed by atoms with van der Waals surface area (Å²) in [5.41, 5.74) is 5.42. The first-order valence-electron chi connectivity index (χ1n) is 8.53. The van der Waals surface area contributed by atoms with Crippen molar-refractivity contribution in [1.82, 2.24) is 20.0 Å². The van der Waals surface area contributed by atoms with Gasteiger partial charge in [0.1, 0.15) is 23.0 Å². The molecule has 0 aliphatic heterocycles. The Morgan fingerprint density at radius 1 is 1.25 bits per heavy atom. The molecule has 1 atom stereocenters. The smallest absolute Gasteiger partial charge is 0.311 e. The highest BCUT2D eigenvalue weighted by Crippen LogP contribution is 2.32. The third-order valence-electron chi connectivity index (χ3n) is 4.70. The average molecular weight is 385 g/mol. The van der Waals surface area contributed by atoms with Crippen molar-refractivity contribution in [2.75, 3.05) is 5.73 Å². The molecular weight excluding hydrogens is 365 g/mol. The Morgan fingerprint density at radius 2 is 1.96 bits per heavy atom. The van der Waals surface area contributed by atoms with Crippen LogP contribution >= 0.6 is 0 Å². The lowest BCUT2D eigenvalue weighted by atomic mass is 9.86. The SMILES string of the molecule is CC(n1cc(-c2cc(Oc3ccc(N)c(F)c3)ccn2)nn1)C(C)(C)C(=O)O. The van der Waals surface area contributed by atoms with E-state index in [0.717, 1.165) is 0 Å². The second-order valence-corrected chi connectivity index (χ2v) is 6.95. The normalized spacial score (nSPS) is 12.6. The maximum atomic E-state index is 13.6. The van der Waals surface area contributed by atoms with Crippen molar-refractivity contribution in [3.63, 3.8) is 0 Å². The molecule has 8 nitrogen and oxygen atoms in total. The Hall–Kier alpha value is -3.49. The molecule has 0 spiro atoms. The number of carboxylic acids is 1. The van der Waals surface area contributed by atoms with Gasteiger partial charge in [-0.3, -0.25) is 9.78 Å². The average Bonchev–Trinajstić information content (AvgIpc) is 3.14. The highest BCUT2D eigenvalue weighted by Gasteiger charge is 2.36. The van der Waals surface area contributed by atoms with Gasteiger partial charge in [-0.05, 0) is 39.0 Å². The summed E-state index contributed by atoms with van der Waals surface area (Å²) in [4.78, 5) is 15.7. The van der Waals surface area contributed by atoms with E-state index in [0.29, 0.717) is 22.9 Å². The fourth-order valence-corrected chi connectivity index (χ4v) is 2.41. The number of nitrogens with zero attached hydrogens (tertiary/aromatic N) is 4. The number of halogens is 1. The van der Waals surface area contributed by atoms with Crippen LogP contribution in [0, 0.1) is 11.2 Å². The molecule has 0 fully saturated rings. The minimum Gasteiger partial charge on any atom is -0.481 e. The van der Waals surface area contributed by atoms with Gasteiger partial charge in [0.05, 0.1) is 29.0 Å². The minimum atomic E-state index is -1.03. The van der Waals surface area contributed by atoms with Crippen molar-refractivity contribution >= 4 is 11.7 Å². The van der Waals surface area contributed by atoms with Gasteiger partial charge in [0.2, 0.25) is 0 Å². The number of rotatable bonds is 6. The molecule has 1 unspecified atom stereocenters. The highest BCUT2D eigenvalue weighted by atomic mass is 19.1. The molecular formula is C19H20FN5O3. The zero-order valence-corrected chi connectivity index (χ0v) is 15.6. The lowest BCUT2D eigenvalue weighted by molar-refractivity contribution is -0.149. The first-order chi connectivity index (χ1) is 13.2. The van der Waals surface area contributed by atoms with Gasteiger partial charge < -0.3 is 15.6 Å². The molecule has 0 saturated heterocycles. The molecule has 0 aliphatic carbocycles. The predicted molar refractivity (Wildman–Crippen MR) is 100 cm³/mol. The number of carboxylic acid groups (broad SMARTS) is 1. The molecule has 1 aromatic carbocycles. The Labute approximate surface area is 160 Å². The van der Waals surface area contributed by atoms with E-state index in [9.17, 15) is 14.3 Å². The Balaban J connectivity index is 1.84. The lowest BCUT2D eigenvalue weighted by Crippen LogP contribution is -2.33. The molecule has 0 amide bonds. The number of hydrogen-bond acceptors (Lipinski definition) is 6. The minimum absolute atomic E-state index is 0.0396. The highest BCUT2D eigenvalue weighted by molar-refractivity contribution is 5.74. The van der Waals surface area contributed by atoms with Crippen molar-refractivity contribution in [3.8, 4) is 22.9 Å². The van der Waals surface area contributed by atoms with Gasteiger partial charge in [-0.1, -0.05) is 5.21 Å². The summed E-state index contributed by atoms with van der Waals surface area (Å²) in [6.07, 6.45) is 3.16. The number of anilines is 1. The number of benzene rings is 1. The zero-order chi connectivity index (χ0) is 20.5. The zero-order valence-electron chi connectivity index (χ0n) is 15.6. The fourth-order valence-electron chi connectivity index (χ4n) is 2.41. The monoisotopic (exact) mass is 385 g/mol. The number of carbonyl (C=O) groups is 1. The summed E-state index contributed by atoms with van der Waals surface area (Å²) < 4.78 is 20.7. The summed E-state index contributed by atoms with van der Waals surface area (Å²) in [7, 11) is 0. The number of nitrogen functional groups attached to an aromatic ring is 1. The van der Waals surface area contributed by atoms with Crippen molar-refractivity contribution in [3.05, 3.63) is 48.5 Å². The summed E-state index contributed by atoms with van der Waals surface area (Å²) >= 11 is 0. The summed E-state index contributed by atoms with van der Waals surface area (Å²) in [6.45, 7) is 5.01. The Kier molecular flexibility index (Phi) is 5.00. The van der Waals surface area contributed by atoms with Crippen molar-refractivity contribution < 1.29 is 19.0 Å². The molecule has 2 aromatic heterocycles. The van der Waals surface area contributed by atoms with E-state index >= 15 is 0 Å². The van der Waals surface area contributed by atoms with E-state index in [4.69, 9.17) is 10.5 Å². The van der Waals surface area contributed by atoms with Crippen LogP contribution in [-0.4, -0.2) is 31.1 Å². The van der Waals surface area contributed by atoms with Crippen molar-refractivity contribution in [2.45, 2.75) is 26.8 Å². The van der Waals surface area contributed by atoms with Gasteiger partial charge >= 0.3 is 5.97 Å². The number of ether oxygens (including phenoxy) is 1. The summed E-state index contributed by atoms with van der Waals surface area (Å²) in [5.74, 6) is -0.766. The molecule has 0 bridgehead atoms. The van der Waals surface area contributed by atoms with Crippen LogP contribution in [0.2, 0.25) is 0 Å². The van der Waals surface area contributed by atoms with Gasteiger partial charge in [-0.25, -0.2) is 9.07 Å². The van der Waals surface area contributed by atoms with Crippen molar-refractivity contribution in [1.29, 1.82) is 0 Å². The van der Waals surface area contributed by atoms with Gasteiger partial charge in [0, 0.05) is 18.3 Å². The van der Waals surface area contributed by atoms with Crippen LogP contribution in [0.1, 0.15) is 26.8 Å². The van der Waals surface area contributed by atoms with Crippen LogP contribution in [0.25, 0.3) is 11.4 Å². The maximum absolute atomic E-state index is 13.6. The molecule has 146 valence electrons. The molecule has 28 heavy (non-hydrogen) atoms. The van der Waals surface area contributed by atoms with Crippen LogP contribution < -0.4 is 10.5 Å². The van der Waals surface area contributed by atoms with Gasteiger partial charge in [0.25, 0.3) is 0 Å². The second-order valence-electron chi connectivity index (χ2n) is 6.95. The first kappa shape index (κ1) is 19.3. The Bertz CT molecular complexity index is 1020. The topological polar surface area (TPSA) is 116 Å². The third-order valence-corrected chi connectivity index (χ3v) is 4.70. The van der Waals surface area contributed by atoms with Crippen LogP contribution in [0.4, 0.5) is 10.1 Å². The molecule has 3 aromatic rings. The summed E-state index contributed by atoms with van der Waals surface area (Å²) in [5, 5.41) is 17.5. The molecule has 3 N–H and O–H groups in total. The number of hydrogen-bond donors (Lipinski definition) is 2. The molecule has 0 saturated carbocycles. The number of aromatic nitrogens is 4. The molecule has 0 aliphatic rings. The van der Waals surface area contributed by atoms with Gasteiger partial charge in [0.15, 0.2) is 0 Å². The second kappa shape index (κ2) is 7.26. The van der Waals surface area contributed by atoms with E-state index in [2.05, 4.69) is 15.3 Å². The van der Waals surface area contributed by atoms with Crippen LogP contribution in [0.3, 0.4) is 0 Å². The standard InChI is InChI=1S/C19H20FN5O3/c1-11(19(2,3)18(26)27)25-10-17(23-24-25)16-9-13(6-7-22-16)28-12-4-5-15(21)14(20)8-12/h4-11H,21H2,1-3H3,(H,26,27). The van der Waals surface area contributed by atoms with E-state index in [1.165, 1.54) is 23.0 Å². The largest absolute Gasteiger partial charge is 0.481 e. The molecule has 2 heterocycles. The van der Waals surface area contributed by atoms with Gasteiger partial charge in [-0.15, -0.1) is 5.10 Å². The van der Waals surface area contributed by atoms with Crippen LogP contribution in [0.5, 0.6) is 11.5 Å². The van der Waals surface area contributed by atoms with E-state index in [-0.39, 0.29) is 5.69 Å². The number of nitrogens with two attached hydrogens (primary N) is 1. The third kappa shape index (κ3) is 3.78. The molecule has 3 rings (SSSR count). The lowest BCUT2D eigenvalue weighted by Gasteiger charge is -2.26. The number of pyridine rings is 1. The van der Waals surface area contributed by atoms with Crippen LogP contribution in [-0.2, 0) is 4.79 Å². The van der Waals surface area contributed by atoms with E-state index in [1.807, 2.05) is 0 Å². The molecule has 0 radical (unpaired) electrons. The predicted octanol–water partition coefficient (Wildman–Crippen LogP) is 3.53. The molecule has 9 heteroatoms. The first-order valence-corrected chi connectivity index (χ1v) is 8.53. The van der Waals surface area contributed by atoms with Crippen LogP contribution in [0.15, 0.2) is 42.7 Å². The van der Waals surface area contributed by atoms with E-state index in [1.54, 1.807) is 45.2 Å². The van der Waals surface area contributed by atoms with E-state index < -0.39 is 23.2 Å². The van der Waals surface area contributed by atoms with Crippen molar-refractivity contribution in [2.24, 2.45) is 5.41 Å². The van der Waals surface area contributed by atoms with Gasteiger partial charge in [-0.2, -0.15) is 0 Å². The maximum Gasteiger partial charge on any atom is 0.311 e. The Morgan fingerprint density at radius 3 is 2.64 bits per heavy atom. The fraction of sp³-hybridized carbons (Fsp3) is 0.263. The number of aliphatic carboxylic acids is 1. The quantitative estimate of drug-likeness (QED) is 0.624. The summed E-state index contributed by atoms with van der Waals surface area (Å²) in [6, 6.07) is 7.01.